The van der Waals surface area contributed by atoms with Crippen molar-refractivity contribution in [3.63, 3.8) is 0 Å². The Morgan fingerprint density at radius 3 is 2.31 bits per heavy atom. The fraction of sp³-hybridized carbons (Fsp3) is 0.273. The van der Waals surface area contributed by atoms with E-state index < -0.39 is 5.97 Å². The molecule has 0 spiro atoms. The molecular formula is C22H22N4O3. The fourth-order valence-electron chi connectivity index (χ4n) is 3.56. The highest BCUT2D eigenvalue weighted by atomic mass is 16.5. The monoisotopic (exact) mass is 390 g/mol. The number of aromatic nitrogens is 2. The van der Waals surface area contributed by atoms with Gasteiger partial charge in [0, 0.05) is 35.1 Å². The van der Waals surface area contributed by atoms with Crippen LogP contribution in [0.25, 0.3) is 10.8 Å². The molecule has 7 heteroatoms. The molecule has 29 heavy (non-hydrogen) atoms. The standard InChI is InChI=1S/C22H22N4O3/c1-29-22(28)19-17-7-3-4-8-18(17)20(25-24-19)23-16-11-9-15(10-12-16)21(27)26-13-5-2-6-14-26/h3-4,7-12H,2,5-6,13-14H2,1H3,(H,23,25). The maximum absolute atomic E-state index is 12.6. The summed E-state index contributed by atoms with van der Waals surface area (Å²) >= 11 is 0. The number of ether oxygens (including phenoxy) is 1. The number of methoxy groups -OCH3 is 1. The molecule has 1 fully saturated rings. The molecule has 148 valence electrons. The highest BCUT2D eigenvalue weighted by Gasteiger charge is 2.18. The second-order valence-corrected chi connectivity index (χ2v) is 6.99. The van der Waals surface area contributed by atoms with E-state index in [1.54, 1.807) is 0 Å². The van der Waals surface area contributed by atoms with E-state index in [0.29, 0.717) is 16.8 Å². The Labute approximate surface area is 168 Å². The minimum absolute atomic E-state index is 0.0731. The van der Waals surface area contributed by atoms with E-state index in [2.05, 4.69) is 15.5 Å². The number of hydrogen-bond acceptors (Lipinski definition) is 6. The molecule has 1 N–H and O–H groups in total. The van der Waals surface area contributed by atoms with E-state index in [-0.39, 0.29) is 11.6 Å². The Morgan fingerprint density at radius 2 is 1.62 bits per heavy atom. The first-order chi connectivity index (χ1) is 14.2. The van der Waals surface area contributed by atoms with E-state index in [0.717, 1.165) is 37.0 Å². The van der Waals surface area contributed by atoms with Crippen LogP contribution < -0.4 is 5.32 Å². The maximum atomic E-state index is 12.6. The lowest BCUT2D eigenvalue weighted by Gasteiger charge is -2.26. The van der Waals surface area contributed by atoms with E-state index in [9.17, 15) is 9.59 Å². The number of anilines is 2. The smallest absolute Gasteiger partial charge is 0.359 e. The Kier molecular flexibility index (Phi) is 5.37. The number of hydrogen-bond donors (Lipinski definition) is 1. The van der Waals surface area contributed by atoms with Gasteiger partial charge in [-0.05, 0) is 43.5 Å². The van der Waals surface area contributed by atoms with E-state index in [4.69, 9.17) is 4.74 Å². The molecule has 0 saturated carbocycles. The highest BCUT2D eigenvalue weighted by Crippen LogP contribution is 2.26. The van der Waals surface area contributed by atoms with Gasteiger partial charge in [-0.25, -0.2) is 4.79 Å². The van der Waals surface area contributed by atoms with Gasteiger partial charge in [-0.2, -0.15) is 0 Å². The lowest BCUT2D eigenvalue weighted by molar-refractivity contribution is 0.0595. The predicted molar refractivity (Wildman–Crippen MR) is 110 cm³/mol. The largest absolute Gasteiger partial charge is 0.464 e. The third kappa shape index (κ3) is 3.89. The minimum Gasteiger partial charge on any atom is -0.464 e. The number of likely N-dealkylation sites (tertiary alicyclic amines) is 1. The number of esters is 1. The first kappa shape index (κ1) is 18.9. The Hall–Kier alpha value is -3.48. The molecular weight excluding hydrogens is 368 g/mol. The number of rotatable bonds is 4. The molecule has 1 aliphatic rings. The van der Waals surface area contributed by atoms with E-state index in [1.165, 1.54) is 13.5 Å². The van der Waals surface area contributed by atoms with Crippen molar-refractivity contribution in [1.29, 1.82) is 0 Å². The van der Waals surface area contributed by atoms with Crippen molar-refractivity contribution in [3.8, 4) is 0 Å². The molecule has 0 unspecified atom stereocenters. The van der Waals surface area contributed by atoms with Gasteiger partial charge < -0.3 is 15.0 Å². The third-order valence-electron chi connectivity index (χ3n) is 5.10. The summed E-state index contributed by atoms with van der Waals surface area (Å²) in [4.78, 5) is 26.5. The van der Waals surface area contributed by atoms with Crippen molar-refractivity contribution in [2.45, 2.75) is 19.3 Å². The zero-order valence-corrected chi connectivity index (χ0v) is 16.2. The molecule has 0 atom stereocenters. The van der Waals surface area contributed by atoms with Crippen molar-refractivity contribution in [1.82, 2.24) is 15.1 Å². The normalized spacial score (nSPS) is 13.9. The molecule has 4 rings (SSSR count). The molecule has 0 bridgehead atoms. The topological polar surface area (TPSA) is 84.4 Å². The Morgan fingerprint density at radius 1 is 0.931 bits per heavy atom. The van der Waals surface area contributed by atoms with Gasteiger partial charge in [-0.1, -0.05) is 24.3 Å². The highest BCUT2D eigenvalue weighted by molar-refractivity contribution is 6.05. The SMILES string of the molecule is COC(=O)c1nnc(Nc2ccc(C(=O)N3CCCCC3)cc2)c2ccccc12. The number of fused-ring (bicyclic) bond motifs is 1. The van der Waals surface area contributed by atoms with Gasteiger partial charge in [-0.3, -0.25) is 4.79 Å². The molecule has 1 aliphatic heterocycles. The quantitative estimate of drug-likeness (QED) is 0.683. The summed E-state index contributed by atoms with van der Waals surface area (Å²) in [5.74, 6) is 0.0770. The van der Waals surface area contributed by atoms with Crippen LogP contribution in [0, 0.1) is 0 Å². The molecule has 0 aliphatic carbocycles. The van der Waals surface area contributed by atoms with Gasteiger partial charge in [0.05, 0.1) is 7.11 Å². The number of carbonyl (C=O) groups excluding carboxylic acids is 2. The van der Waals surface area contributed by atoms with Gasteiger partial charge >= 0.3 is 5.97 Å². The summed E-state index contributed by atoms with van der Waals surface area (Å²) in [6.45, 7) is 1.65. The molecule has 1 aromatic heterocycles. The molecule has 3 aromatic rings. The predicted octanol–water partition coefficient (Wildman–Crippen LogP) is 3.79. The molecule has 2 aromatic carbocycles. The van der Waals surface area contributed by atoms with Crippen LogP contribution in [-0.2, 0) is 4.74 Å². The summed E-state index contributed by atoms with van der Waals surface area (Å²) < 4.78 is 4.79. The van der Waals surface area contributed by atoms with Crippen LogP contribution in [0.2, 0.25) is 0 Å². The van der Waals surface area contributed by atoms with Crippen LogP contribution in [0.3, 0.4) is 0 Å². The molecule has 2 heterocycles. The first-order valence-electron chi connectivity index (χ1n) is 9.67. The van der Waals surface area contributed by atoms with Crippen LogP contribution in [0.15, 0.2) is 48.5 Å². The van der Waals surface area contributed by atoms with Crippen LogP contribution in [0.5, 0.6) is 0 Å². The van der Waals surface area contributed by atoms with Crippen LogP contribution in [0.4, 0.5) is 11.5 Å². The number of nitrogens with zero attached hydrogens (tertiary/aromatic N) is 3. The van der Waals surface area contributed by atoms with Gasteiger partial charge in [0.25, 0.3) is 5.91 Å². The number of piperidine rings is 1. The average molecular weight is 390 g/mol. The molecule has 1 saturated heterocycles. The minimum atomic E-state index is -0.527. The second kappa shape index (κ2) is 8.26. The molecule has 0 radical (unpaired) electrons. The third-order valence-corrected chi connectivity index (χ3v) is 5.10. The zero-order valence-electron chi connectivity index (χ0n) is 16.2. The van der Waals surface area contributed by atoms with Crippen molar-refractivity contribution < 1.29 is 14.3 Å². The summed E-state index contributed by atoms with van der Waals surface area (Å²) in [6.07, 6.45) is 3.33. The van der Waals surface area contributed by atoms with Crippen molar-refractivity contribution in [3.05, 3.63) is 59.8 Å². The molecule has 1 amide bonds. The van der Waals surface area contributed by atoms with Gasteiger partial charge in [-0.15, -0.1) is 10.2 Å². The summed E-state index contributed by atoms with van der Waals surface area (Å²) in [7, 11) is 1.32. The lowest BCUT2D eigenvalue weighted by Crippen LogP contribution is -2.35. The Balaban J connectivity index is 1.57. The van der Waals surface area contributed by atoms with E-state index in [1.807, 2.05) is 53.4 Å². The second-order valence-electron chi connectivity index (χ2n) is 6.99. The number of benzene rings is 2. The molecule has 7 nitrogen and oxygen atoms in total. The van der Waals surface area contributed by atoms with Gasteiger partial charge in [0.2, 0.25) is 0 Å². The van der Waals surface area contributed by atoms with Crippen LogP contribution in [0.1, 0.15) is 40.1 Å². The number of amides is 1. The summed E-state index contributed by atoms with van der Waals surface area (Å²) in [6, 6.07) is 14.7. The van der Waals surface area contributed by atoms with Crippen molar-refractivity contribution in [2.24, 2.45) is 0 Å². The van der Waals surface area contributed by atoms with Gasteiger partial charge in [0.15, 0.2) is 11.5 Å². The van der Waals surface area contributed by atoms with Crippen LogP contribution >= 0.6 is 0 Å². The Bertz CT molecular complexity index is 1040. The maximum Gasteiger partial charge on any atom is 0.359 e. The first-order valence-corrected chi connectivity index (χ1v) is 9.67. The summed E-state index contributed by atoms with van der Waals surface area (Å²) in [5.41, 5.74) is 1.64. The van der Waals surface area contributed by atoms with Gasteiger partial charge in [0.1, 0.15) is 0 Å². The number of carbonyl (C=O) groups is 2. The average Bonchev–Trinajstić information content (AvgIpc) is 2.79. The van der Waals surface area contributed by atoms with E-state index >= 15 is 0 Å². The van der Waals surface area contributed by atoms with Crippen LogP contribution in [-0.4, -0.2) is 47.2 Å². The van der Waals surface area contributed by atoms with Crippen molar-refractivity contribution in [2.75, 3.05) is 25.5 Å². The lowest BCUT2D eigenvalue weighted by atomic mass is 10.1. The number of nitrogens with one attached hydrogen (secondary N) is 1. The fourth-order valence-corrected chi connectivity index (χ4v) is 3.56. The summed E-state index contributed by atoms with van der Waals surface area (Å²) in [5, 5.41) is 12.8. The zero-order chi connectivity index (χ0) is 20.2. The van der Waals surface area contributed by atoms with Crippen molar-refractivity contribution >= 4 is 34.2 Å².